The van der Waals surface area contributed by atoms with E-state index in [-0.39, 0.29) is 29.1 Å². The molecular formula is C21H19NO6. The van der Waals surface area contributed by atoms with E-state index in [2.05, 4.69) is 0 Å². The number of aromatic hydroxyl groups is 1. The number of aromatic nitrogens is 1. The molecular weight excluding hydrogens is 362 g/mol. The van der Waals surface area contributed by atoms with Gasteiger partial charge in [0.25, 0.3) is 5.56 Å². The molecule has 1 atom stereocenters. The molecule has 2 aromatic heterocycles. The summed E-state index contributed by atoms with van der Waals surface area (Å²) in [6.45, 7) is 2.11. The van der Waals surface area contributed by atoms with Crippen molar-refractivity contribution in [1.82, 2.24) is 4.57 Å². The number of methoxy groups -OCH3 is 1. The van der Waals surface area contributed by atoms with Gasteiger partial charge in [0.1, 0.15) is 5.76 Å². The predicted molar refractivity (Wildman–Crippen MR) is 102 cm³/mol. The zero-order chi connectivity index (χ0) is 20.0. The lowest BCUT2D eigenvalue weighted by molar-refractivity contribution is -0.140. The lowest BCUT2D eigenvalue weighted by atomic mass is 9.92. The quantitative estimate of drug-likeness (QED) is 0.696. The van der Waals surface area contributed by atoms with Crippen LogP contribution >= 0.6 is 0 Å². The van der Waals surface area contributed by atoms with E-state index in [9.17, 15) is 19.5 Å². The Hall–Kier alpha value is -3.35. The van der Waals surface area contributed by atoms with Crippen LogP contribution in [0.15, 0.2) is 44.3 Å². The number of aryl methyl sites for hydroxylation is 3. The molecule has 0 unspecified atom stereocenters. The highest BCUT2D eigenvalue weighted by atomic mass is 16.5. The summed E-state index contributed by atoms with van der Waals surface area (Å²) in [5, 5.41) is 11.2. The number of benzene rings is 1. The van der Waals surface area contributed by atoms with Gasteiger partial charge in [-0.1, -0.05) is 18.2 Å². The minimum atomic E-state index is -0.940. The van der Waals surface area contributed by atoms with E-state index in [0.717, 1.165) is 29.0 Å². The number of pyridine rings is 1. The Morgan fingerprint density at radius 2 is 2.11 bits per heavy atom. The highest BCUT2D eigenvalue weighted by Crippen LogP contribution is 2.34. The van der Waals surface area contributed by atoms with Crippen LogP contribution in [0, 0.1) is 6.92 Å². The maximum absolute atomic E-state index is 13.2. The Morgan fingerprint density at radius 1 is 1.32 bits per heavy atom. The normalized spacial score (nSPS) is 13.6. The van der Waals surface area contributed by atoms with Crippen molar-refractivity contribution in [3.05, 3.63) is 73.6 Å². The number of nitrogens with zero attached hydrogens (tertiary/aromatic N) is 1. The topological polar surface area (TPSA) is 98.7 Å². The molecule has 1 aromatic carbocycles. The Labute approximate surface area is 159 Å². The van der Waals surface area contributed by atoms with Crippen LogP contribution in [0.25, 0.3) is 10.9 Å². The van der Waals surface area contributed by atoms with Gasteiger partial charge in [-0.25, -0.2) is 0 Å². The number of rotatable bonds is 4. The number of carbonyl (C=O) groups excluding carboxylic acids is 1. The zero-order valence-corrected chi connectivity index (χ0v) is 15.5. The summed E-state index contributed by atoms with van der Waals surface area (Å²) in [6.07, 6.45) is 0.513. The molecule has 28 heavy (non-hydrogen) atoms. The van der Waals surface area contributed by atoms with Gasteiger partial charge in [-0.2, -0.15) is 0 Å². The molecule has 0 amide bonds. The molecule has 0 saturated carbocycles. The molecule has 7 heteroatoms. The Bertz CT molecular complexity index is 1220. The Balaban J connectivity index is 2.00. The molecule has 1 aliphatic rings. The van der Waals surface area contributed by atoms with E-state index in [1.807, 2.05) is 18.2 Å². The maximum Gasteiger partial charge on any atom is 0.306 e. The number of hydrogen-bond donors (Lipinski definition) is 1. The minimum Gasteiger partial charge on any atom is -0.502 e. The second-order valence-electron chi connectivity index (χ2n) is 6.93. The molecule has 1 N–H and O–H groups in total. The van der Waals surface area contributed by atoms with Gasteiger partial charge in [-0.15, -0.1) is 0 Å². The third kappa shape index (κ3) is 2.79. The van der Waals surface area contributed by atoms with E-state index in [4.69, 9.17) is 9.15 Å². The third-order valence-corrected chi connectivity index (χ3v) is 5.19. The molecule has 3 aromatic rings. The van der Waals surface area contributed by atoms with Crippen LogP contribution in [-0.4, -0.2) is 22.8 Å². The maximum atomic E-state index is 13.2. The number of para-hydroxylation sites is 1. The van der Waals surface area contributed by atoms with E-state index >= 15 is 0 Å². The lowest BCUT2D eigenvalue weighted by Crippen LogP contribution is -2.26. The summed E-state index contributed by atoms with van der Waals surface area (Å²) < 4.78 is 12.0. The molecule has 0 spiro atoms. The average Bonchev–Trinajstić information content (AvgIpc) is 3.11. The first-order valence-electron chi connectivity index (χ1n) is 8.96. The molecule has 0 fully saturated rings. The molecule has 1 aliphatic heterocycles. The summed E-state index contributed by atoms with van der Waals surface area (Å²) in [4.78, 5) is 37.4. The van der Waals surface area contributed by atoms with Crippen molar-refractivity contribution in [1.29, 1.82) is 0 Å². The highest BCUT2D eigenvalue weighted by molar-refractivity contribution is 5.84. The van der Waals surface area contributed by atoms with Crippen molar-refractivity contribution < 1.29 is 19.1 Å². The monoisotopic (exact) mass is 381 g/mol. The van der Waals surface area contributed by atoms with Crippen LogP contribution in [0.3, 0.4) is 0 Å². The average molecular weight is 381 g/mol. The number of esters is 1. The molecule has 0 bridgehead atoms. The van der Waals surface area contributed by atoms with Crippen LogP contribution in [-0.2, 0) is 22.5 Å². The van der Waals surface area contributed by atoms with Gasteiger partial charge >= 0.3 is 5.97 Å². The standard InChI is InChI=1S/C21H19NO6/c1-11-8-16(23)19(25)20(28-11)14(10-17(24)27-2)15-9-13-5-3-4-12-6-7-22(18(12)13)21(15)26/h3-5,8-9,14,25H,6-7,10H2,1-2H3/t14-/m0/s1. The van der Waals surface area contributed by atoms with Gasteiger partial charge in [0.05, 0.1) is 25.0 Å². The summed E-state index contributed by atoms with van der Waals surface area (Å²) in [5.74, 6) is -1.95. The van der Waals surface area contributed by atoms with Crippen LogP contribution in [0.1, 0.15) is 35.0 Å². The van der Waals surface area contributed by atoms with Gasteiger partial charge in [0.2, 0.25) is 11.2 Å². The SMILES string of the molecule is COC(=O)C[C@H](c1oc(C)cc(=O)c1O)c1cc2cccc3c2n(c1=O)CC3. The summed E-state index contributed by atoms with van der Waals surface area (Å²) >= 11 is 0. The molecule has 7 nitrogen and oxygen atoms in total. The zero-order valence-electron chi connectivity index (χ0n) is 15.5. The Morgan fingerprint density at radius 3 is 2.86 bits per heavy atom. The van der Waals surface area contributed by atoms with Crippen molar-refractivity contribution in [2.24, 2.45) is 0 Å². The summed E-state index contributed by atoms with van der Waals surface area (Å²) in [6, 6.07) is 8.67. The van der Waals surface area contributed by atoms with Crippen LogP contribution in [0.4, 0.5) is 0 Å². The third-order valence-electron chi connectivity index (χ3n) is 5.19. The minimum absolute atomic E-state index is 0.103. The smallest absolute Gasteiger partial charge is 0.306 e. The predicted octanol–water partition coefficient (Wildman–Crippen LogP) is 2.22. The van der Waals surface area contributed by atoms with Crippen LogP contribution < -0.4 is 11.0 Å². The van der Waals surface area contributed by atoms with E-state index in [0.29, 0.717) is 6.54 Å². The first-order valence-corrected chi connectivity index (χ1v) is 8.96. The van der Waals surface area contributed by atoms with Gasteiger partial charge < -0.3 is 18.8 Å². The first kappa shape index (κ1) is 18.0. The molecule has 0 aliphatic carbocycles. The van der Waals surface area contributed by atoms with E-state index in [1.165, 1.54) is 7.11 Å². The lowest BCUT2D eigenvalue weighted by Gasteiger charge is -2.18. The fourth-order valence-corrected chi connectivity index (χ4v) is 3.90. The van der Waals surface area contributed by atoms with Crippen molar-refractivity contribution in [2.45, 2.75) is 32.2 Å². The van der Waals surface area contributed by atoms with Gasteiger partial charge in [0, 0.05) is 18.2 Å². The number of ether oxygens (including phenoxy) is 1. The summed E-state index contributed by atoms with van der Waals surface area (Å²) in [7, 11) is 1.24. The first-order chi connectivity index (χ1) is 13.4. The number of carbonyl (C=O) groups is 1. The van der Waals surface area contributed by atoms with Crippen molar-refractivity contribution >= 4 is 16.9 Å². The Kier molecular flexibility index (Phi) is 4.30. The highest BCUT2D eigenvalue weighted by Gasteiger charge is 2.30. The molecule has 0 saturated heterocycles. The van der Waals surface area contributed by atoms with E-state index < -0.39 is 23.1 Å². The number of hydrogen-bond acceptors (Lipinski definition) is 6. The van der Waals surface area contributed by atoms with Crippen molar-refractivity contribution in [3.63, 3.8) is 0 Å². The van der Waals surface area contributed by atoms with Crippen LogP contribution in [0.5, 0.6) is 5.75 Å². The summed E-state index contributed by atoms with van der Waals surface area (Å²) in [5.41, 5.74) is 1.36. The molecule has 3 heterocycles. The van der Waals surface area contributed by atoms with Gasteiger partial charge in [-0.3, -0.25) is 14.4 Å². The molecule has 4 rings (SSSR count). The van der Waals surface area contributed by atoms with Gasteiger partial charge in [0.15, 0.2) is 5.76 Å². The van der Waals surface area contributed by atoms with Gasteiger partial charge in [-0.05, 0) is 30.4 Å². The van der Waals surface area contributed by atoms with E-state index in [1.54, 1.807) is 17.6 Å². The second-order valence-corrected chi connectivity index (χ2v) is 6.93. The van der Waals surface area contributed by atoms with Crippen molar-refractivity contribution in [3.8, 4) is 5.75 Å². The molecule has 144 valence electrons. The fraction of sp³-hybridized carbons (Fsp3) is 0.286. The van der Waals surface area contributed by atoms with Crippen LogP contribution in [0.2, 0.25) is 0 Å². The molecule has 0 radical (unpaired) electrons. The fourth-order valence-electron chi connectivity index (χ4n) is 3.90. The van der Waals surface area contributed by atoms with Crippen molar-refractivity contribution in [2.75, 3.05) is 7.11 Å². The second kappa shape index (κ2) is 6.67. The largest absolute Gasteiger partial charge is 0.502 e.